The minimum absolute atomic E-state index is 0.0407. The van der Waals surface area contributed by atoms with E-state index in [-0.39, 0.29) is 18.4 Å². The van der Waals surface area contributed by atoms with Crippen molar-refractivity contribution in [3.8, 4) is 0 Å². The number of nitrogens with one attached hydrogen (secondary N) is 1. The number of amides is 4. The summed E-state index contributed by atoms with van der Waals surface area (Å²) in [4.78, 5) is 48.1. The average Bonchev–Trinajstić information content (AvgIpc) is 3.15. The Labute approximate surface area is 154 Å². The number of urea groups is 1. The molecular formula is C17H19N5O3S. The van der Waals surface area contributed by atoms with Gasteiger partial charge in [0.1, 0.15) is 0 Å². The standard InChI is InChI=1S/C17H19N5O3S/c1-4-21(11(2)23)16-19-12(10-26-16)9-22-14(24)17(3,20-15(22)25)13-7-5-6-8-18-13/h5-8,10H,4,9H2,1-3H3,(H,20,25). The molecule has 136 valence electrons. The van der Waals surface area contributed by atoms with Crippen LogP contribution in [-0.2, 0) is 21.7 Å². The van der Waals surface area contributed by atoms with Gasteiger partial charge in [-0.15, -0.1) is 11.3 Å². The number of carbonyl (C=O) groups is 3. The van der Waals surface area contributed by atoms with Gasteiger partial charge in [-0.3, -0.25) is 24.4 Å². The summed E-state index contributed by atoms with van der Waals surface area (Å²) in [6, 6.07) is 4.73. The Kier molecular flexibility index (Phi) is 4.73. The first-order chi connectivity index (χ1) is 12.4. The lowest BCUT2D eigenvalue weighted by molar-refractivity contribution is -0.131. The van der Waals surface area contributed by atoms with Crippen LogP contribution in [0, 0.1) is 0 Å². The minimum atomic E-state index is -1.20. The molecule has 2 aromatic heterocycles. The van der Waals surface area contributed by atoms with Crippen LogP contribution >= 0.6 is 11.3 Å². The Balaban J connectivity index is 1.81. The Bertz CT molecular complexity index is 853. The second-order valence-electron chi connectivity index (χ2n) is 6.05. The van der Waals surface area contributed by atoms with E-state index in [1.54, 1.807) is 36.7 Å². The lowest BCUT2D eigenvalue weighted by Crippen LogP contribution is -2.41. The van der Waals surface area contributed by atoms with Gasteiger partial charge in [-0.25, -0.2) is 9.78 Å². The predicted octanol–water partition coefficient (Wildman–Crippen LogP) is 1.88. The summed E-state index contributed by atoms with van der Waals surface area (Å²) in [7, 11) is 0. The van der Waals surface area contributed by atoms with Gasteiger partial charge in [0.15, 0.2) is 10.7 Å². The molecule has 4 amide bonds. The lowest BCUT2D eigenvalue weighted by atomic mass is 9.97. The predicted molar refractivity (Wildman–Crippen MR) is 96.5 cm³/mol. The monoisotopic (exact) mass is 373 g/mol. The summed E-state index contributed by atoms with van der Waals surface area (Å²) in [5.41, 5.74) is -0.168. The number of anilines is 1. The summed E-state index contributed by atoms with van der Waals surface area (Å²) in [5, 5.41) is 5.01. The van der Waals surface area contributed by atoms with E-state index in [0.29, 0.717) is 23.1 Å². The Morgan fingerprint density at radius 3 is 2.77 bits per heavy atom. The highest BCUT2D eigenvalue weighted by Crippen LogP contribution is 2.29. The number of aromatic nitrogens is 2. The second kappa shape index (κ2) is 6.83. The van der Waals surface area contributed by atoms with E-state index < -0.39 is 11.6 Å². The zero-order valence-electron chi connectivity index (χ0n) is 14.7. The molecule has 0 aliphatic carbocycles. The van der Waals surface area contributed by atoms with E-state index in [0.717, 1.165) is 4.90 Å². The molecule has 8 nitrogen and oxygen atoms in total. The third kappa shape index (κ3) is 3.05. The molecule has 26 heavy (non-hydrogen) atoms. The molecule has 3 heterocycles. The zero-order chi connectivity index (χ0) is 18.9. The lowest BCUT2D eigenvalue weighted by Gasteiger charge is -2.20. The van der Waals surface area contributed by atoms with E-state index in [4.69, 9.17) is 0 Å². The quantitative estimate of drug-likeness (QED) is 0.808. The Hall–Kier alpha value is -2.81. The molecule has 1 saturated heterocycles. The Morgan fingerprint density at radius 1 is 1.38 bits per heavy atom. The van der Waals surface area contributed by atoms with Crippen LogP contribution in [-0.4, -0.2) is 39.3 Å². The van der Waals surface area contributed by atoms with E-state index >= 15 is 0 Å². The molecule has 0 saturated carbocycles. The fourth-order valence-electron chi connectivity index (χ4n) is 2.82. The van der Waals surface area contributed by atoms with E-state index in [1.807, 2.05) is 6.92 Å². The SMILES string of the molecule is CCN(C(C)=O)c1nc(CN2C(=O)NC(C)(c3ccccn3)C2=O)cs1. The molecule has 0 radical (unpaired) electrons. The van der Waals surface area contributed by atoms with Crippen molar-refractivity contribution < 1.29 is 14.4 Å². The minimum Gasteiger partial charge on any atom is -0.318 e. The average molecular weight is 373 g/mol. The van der Waals surface area contributed by atoms with Crippen LogP contribution in [0.4, 0.5) is 9.93 Å². The fourth-order valence-corrected chi connectivity index (χ4v) is 3.74. The normalized spacial score (nSPS) is 19.6. The second-order valence-corrected chi connectivity index (χ2v) is 6.88. The molecule has 1 aliphatic rings. The molecule has 2 aromatic rings. The van der Waals surface area contributed by atoms with Crippen LogP contribution in [0.1, 0.15) is 32.2 Å². The number of nitrogens with zero attached hydrogens (tertiary/aromatic N) is 4. The summed E-state index contributed by atoms with van der Waals surface area (Å²) in [6.45, 7) is 5.51. The molecule has 1 fully saturated rings. The topological polar surface area (TPSA) is 95.5 Å². The number of pyridine rings is 1. The van der Waals surface area contributed by atoms with Gasteiger partial charge in [-0.05, 0) is 26.0 Å². The highest BCUT2D eigenvalue weighted by molar-refractivity contribution is 7.14. The molecule has 0 bridgehead atoms. The van der Waals surface area contributed by atoms with Crippen LogP contribution < -0.4 is 10.2 Å². The van der Waals surface area contributed by atoms with E-state index in [9.17, 15) is 14.4 Å². The third-order valence-corrected chi connectivity index (χ3v) is 5.15. The van der Waals surface area contributed by atoms with Crippen molar-refractivity contribution in [1.29, 1.82) is 0 Å². The summed E-state index contributed by atoms with van der Waals surface area (Å²) in [6.07, 6.45) is 1.58. The number of rotatable bonds is 5. The Morgan fingerprint density at radius 2 is 2.15 bits per heavy atom. The van der Waals surface area contributed by atoms with Crippen molar-refractivity contribution in [2.45, 2.75) is 32.9 Å². The van der Waals surface area contributed by atoms with Gasteiger partial charge in [-0.1, -0.05) is 6.07 Å². The van der Waals surface area contributed by atoms with Crippen LogP contribution in [0.5, 0.6) is 0 Å². The number of carbonyl (C=O) groups excluding carboxylic acids is 3. The molecular weight excluding hydrogens is 354 g/mol. The van der Waals surface area contributed by atoms with Crippen LogP contribution in [0.3, 0.4) is 0 Å². The highest BCUT2D eigenvalue weighted by atomic mass is 32.1. The van der Waals surface area contributed by atoms with Gasteiger partial charge in [0, 0.05) is 25.0 Å². The molecule has 3 rings (SSSR count). The molecule has 1 atom stereocenters. The van der Waals surface area contributed by atoms with Gasteiger partial charge in [0.2, 0.25) is 5.91 Å². The van der Waals surface area contributed by atoms with Gasteiger partial charge >= 0.3 is 6.03 Å². The van der Waals surface area contributed by atoms with Gasteiger partial charge in [-0.2, -0.15) is 0 Å². The van der Waals surface area contributed by atoms with Gasteiger partial charge in [0.25, 0.3) is 5.91 Å². The molecule has 0 aromatic carbocycles. The molecule has 0 spiro atoms. The summed E-state index contributed by atoms with van der Waals surface area (Å²) >= 11 is 1.30. The molecule has 9 heteroatoms. The summed E-state index contributed by atoms with van der Waals surface area (Å²) < 4.78 is 0. The highest BCUT2D eigenvalue weighted by Gasteiger charge is 2.50. The maximum atomic E-state index is 12.9. The fraction of sp³-hybridized carbons (Fsp3) is 0.353. The van der Waals surface area contributed by atoms with Crippen molar-refractivity contribution in [3.05, 3.63) is 41.2 Å². The molecule has 1 N–H and O–H groups in total. The van der Waals surface area contributed by atoms with E-state index in [1.165, 1.54) is 23.2 Å². The van der Waals surface area contributed by atoms with Crippen molar-refractivity contribution in [1.82, 2.24) is 20.2 Å². The van der Waals surface area contributed by atoms with Gasteiger partial charge in [0.05, 0.1) is 17.9 Å². The first kappa shape index (κ1) is 18.0. The maximum Gasteiger partial charge on any atom is 0.325 e. The van der Waals surface area contributed by atoms with Crippen molar-refractivity contribution in [2.75, 3.05) is 11.4 Å². The smallest absolute Gasteiger partial charge is 0.318 e. The summed E-state index contributed by atoms with van der Waals surface area (Å²) in [5.74, 6) is -0.485. The number of hydrogen-bond donors (Lipinski definition) is 1. The molecule has 1 unspecified atom stereocenters. The number of hydrogen-bond acceptors (Lipinski definition) is 6. The first-order valence-corrected chi connectivity index (χ1v) is 9.03. The van der Waals surface area contributed by atoms with Crippen LogP contribution in [0.15, 0.2) is 29.8 Å². The van der Waals surface area contributed by atoms with Crippen molar-refractivity contribution in [3.63, 3.8) is 0 Å². The maximum absolute atomic E-state index is 12.9. The van der Waals surface area contributed by atoms with E-state index in [2.05, 4.69) is 15.3 Å². The van der Waals surface area contributed by atoms with Crippen LogP contribution in [0.2, 0.25) is 0 Å². The molecule has 1 aliphatic heterocycles. The van der Waals surface area contributed by atoms with Crippen LogP contribution in [0.25, 0.3) is 0 Å². The number of thiazole rings is 1. The first-order valence-electron chi connectivity index (χ1n) is 8.15. The zero-order valence-corrected chi connectivity index (χ0v) is 15.5. The van der Waals surface area contributed by atoms with Crippen molar-refractivity contribution >= 4 is 34.3 Å². The third-order valence-electron chi connectivity index (χ3n) is 4.24. The largest absolute Gasteiger partial charge is 0.325 e. The number of imide groups is 1. The van der Waals surface area contributed by atoms with Gasteiger partial charge < -0.3 is 5.32 Å². The van der Waals surface area contributed by atoms with Crippen molar-refractivity contribution in [2.24, 2.45) is 0 Å².